The number of carbonyl (C=O) groups excluding carboxylic acids is 2. The van der Waals surface area contributed by atoms with Crippen molar-refractivity contribution in [3.8, 4) is 0 Å². The highest BCUT2D eigenvalue weighted by Crippen LogP contribution is 2.21. The number of hydrogen-bond donors (Lipinski definition) is 1. The van der Waals surface area contributed by atoms with E-state index in [1.54, 1.807) is 23.1 Å². The molecule has 1 unspecified atom stereocenters. The first-order valence-electron chi connectivity index (χ1n) is 8.77. The SMILES string of the molecule is O=C(CCC1CCNC1)N1CCN(C(=O)c2cc(Cl)cc(Cl)c2)CC1. The van der Waals surface area contributed by atoms with E-state index in [4.69, 9.17) is 23.2 Å². The molecule has 2 amide bonds. The molecule has 1 atom stereocenters. The summed E-state index contributed by atoms with van der Waals surface area (Å²) in [5.41, 5.74) is 0.492. The van der Waals surface area contributed by atoms with E-state index >= 15 is 0 Å². The summed E-state index contributed by atoms with van der Waals surface area (Å²) >= 11 is 11.9. The summed E-state index contributed by atoms with van der Waals surface area (Å²) in [4.78, 5) is 28.6. The lowest BCUT2D eigenvalue weighted by atomic mass is 10.0. The fourth-order valence-corrected chi connectivity index (χ4v) is 3.99. The third-order valence-electron chi connectivity index (χ3n) is 4.96. The Morgan fingerprint density at radius 2 is 1.68 bits per heavy atom. The normalized spacial score (nSPS) is 20.8. The van der Waals surface area contributed by atoms with Crippen molar-refractivity contribution in [3.05, 3.63) is 33.8 Å². The molecule has 0 saturated carbocycles. The van der Waals surface area contributed by atoms with Gasteiger partial charge in [0, 0.05) is 48.2 Å². The molecule has 7 heteroatoms. The van der Waals surface area contributed by atoms with E-state index in [-0.39, 0.29) is 11.8 Å². The maximum absolute atomic E-state index is 12.6. The van der Waals surface area contributed by atoms with Crippen molar-refractivity contribution in [2.24, 2.45) is 5.92 Å². The Hall–Kier alpha value is -1.30. The molecule has 2 aliphatic heterocycles. The van der Waals surface area contributed by atoms with Gasteiger partial charge in [-0.3, -0.25) is 9.59 Å². The van der Waals surface area contributed by atoms with E-state index < -0.39 is 0 Å². The minimum Gasteiger partial charge on any atom is -0.339 e. The summed E-state index contributed by atoms with van der Waals surface area (Å²) in [5.74, 6) is 0.734. The molecule has 0 bridgehead atoms. The molecule has 2 aliphatic rings. The van der Waals surface area contributed by atoms with Crippen LogP contribution in [-0.2, 0) is 4.79 Å². The van der Waals surface area contributed by atoms with Gasteiger partial charge in [-0.1, -0.05) is 23.2 Å². The van der Waals surface area contributed by atoms with E-state index in [1.807, 2.05) is 4.90 Å². The minimum absolute atomic E-state index is 0.0893. The number of hydrogen-bond acceptors (Lipinski definition) is 3. The Kier molecular flexibility index (Phi) is 6.20. The molecule has 1 N–H and O–H groups in total. The molecule has 1 aromatic carbocycles. The predicted molar refractivity (Wildman–Crippen MR) is 99.2 cm³/mol. The van der Waals surface area contributed by atoms with Gasteiger partial charge in [-0.25, -0.2) is 0 Å². The average Bonchev–Trinajstić information content (AvgIpc) is 3.12. The molecule has 5 nitrogen and oxygen atoms in total. The smallest absolute Gasteiger partial charge is 0.254 e. The molecule has 0 aliphatic carbocycles. The Morgan fingerprint density at radius 3 is 2.28 bits per heavy atom. The van der Waals surface area contributed by atoms with Gasteiger partial charge in [0.05, 0.1) is 0 Å². The number of amides is 2. The summed E-state index contributed by atoms with van der Waals surface area (Å²) in [6.45, 7) is 4.34. The van der Waals surface area contributed by atoms with Crippen LogP contribution in [0.3, 0.4) is 0 Å². The number of rotatable bonds is 4. The van der Waals surface area contributed by atoms with Crippen LogP contribution in [0.4, 0.5) is 0 Å². The molecule has 0 spiro atoms. The Balaban J connectivity index is 1.49. The van der Waals surface area contributed by atoms with Crippen LogP contribution in [0, 0.1) is 5.92 Å². The van der Waals surface area contributed by atoms with E-state index in [0.29, 0.717) is 54.1 Å². The minimum atomic E-state index is -0.0893. The van der Waals surface area contributed by atoms with Crippen LogP contribution in [-0.4, -0.2) is 60.9 Å². The summed E-state index contributed by atoms with van der Waals surface area (Å²) in [6, 6.07) is 4.86. The fraction of sp³-hybridized carbons (Fsp3) is 0.556. The summed E-state index contributed by atoms with van der Waals surface area (Å²) < 4.78 is 0. The van der Waals surface area contributed by atoms with Crippen molar-refractivity contribution in [3.63, 3.8) is 0 Å². The topological polar surface area (TPSA) is 52.7 Å². The molecular formula is C18H23Cl2N3O2. The van der Waals surface area contributed by atoms with E-state index in [0.717, 1.165) is 25.9 Å². The fourth-order valence-electron chi connectivity index (χ4n) is 3.47. The predicted octanol–water partition coefficient (Wildman–Crippen LogP) is 2.67. The lowest BCUT2D eigenvalue weighted by Crippen LogP contribution is -2.50. The molecule has 136 valence electrons. The maximum atomic E-state index is 12.6. The molecule has 25 heavy (non-hydrogen) atoms. The zero-order chi connectivity index (χ0) is 17.8. The second kappa shape index (κ2) is 8.39. The van der Waals surface area contributed by atoms with Gasteiger partial charge >= 0.3 is 0 Å². The van der Waals surface area contributed by atoms with Crippen LogP contribution in [0.2, 0.25) is 10.0 Å². The molecule has 0 radical (unpaired) electrons. The van der Waals surface area contributed by atoms with Gasteiger partial charge in [0.25, 0.3) is 5.91 Å². The van der Waals surface area contributed by atoms with Crippen molar-refractivity contribution in [2.75, 3.05) is 39.3 Å². The molecule has 1 aromatic rings. The highest BCUT2D eigenvalue weighted by atomic mass is 35.5. The summed E-state index contributed by atoms with van der Waals surface area (Å²) in [7, 11) is 0. The molecule has 2 heterocycles. The lowest BCUT2D eigenvalue weighted by molar-refractivity contribution is -0.132. The van der Waals surface area contributed by atoms with Crippen molar-refractivity contribution >= 4 is 35.0 Å². The molecule has 0 aromatic heterocycles. The van der Waals surface area contributed by atoms with Gasteiger partial charge in [0.2, 0.25) is 5.91 Å². The van der Waals surface area contributed by atoms with E-state index in [9.17, 15) is 9.59 Å². The van der Waals surface area contributed by atoms with Gasteiger partial charge < -0.3 is 15.1 Å². The molecule has 3 rings (SSSR count). The lowest BCUT2D eigenvalue weighted by Gasteiger charge is -2.35. The van der Waals surface area contributed by atoms with Gasteiger partial charge in [-0.15, -0.1) is 0 Å². The Labute approximate surface area is 158 Å². The second-order valence-corrected chi connectivity index (χ2v) is 7.60. The van der Waals surface area contributed by atoms with E-state index in [2.05, 4.69) is 5.32 Å². The van der Waals surface area contributed by atoms with Crippen LogP contribution in [0.1, 0.15) is 29.6 Å². The molecule has 2 fully saturated rings. The number of benzene rings is 1. The number of piperazine rings is 1. The van der Waals surface area contributed by atoms with Crippen LogP contribution < -0.4 is 5.32 Å². The van der Waals surface area contributed by atoms with Gasteiger partial charge in [0.15, 0.2) is 0 Å². The average molecular weight is 384 g/mol. The van der Waals surface area contributed by atoms with Crippen molar-refractivity contribution in [2.45, 2.75) is 19.3 Å². The number of halogens is 2. The third-order valence-corrected chi connectivity index (χ3v) is 5.39. The monoisotopic (exact) mass is 383 g/mol. The van der Waals surface area contributed by atoms with Gasteiger partial charge in [-0.2, -0.15) is 0 Å². The first kappa shape index (κ1) is 18.5. The number of nitrogens with one attached hydrogen (secondary N) is 1. The van der Waals surface area contributed by atoms with Gasteiger partial charge in [-0.05, 0) is 50.0 Å². The van der Waals surface area contributed by atoms with Crippen molar-refractivity contribution in [1.82, 2.24) is 15.1 Å². The first-order valence-corrected chi connectivity index (χ1v) is 9.52. The zero-order valence-electron chi connectivity index (χ0n) is 14.1. The Bertz CT molecular complexity index is 619. The standard InChI is InChI=1S/C18H23Cl2N3O2/c19-15-9-14(10-16(20)11-15)18(25)23-7-5-22(6-8-23)17(24)2-1-13-3-4-21-12-13/h9-11,13,21H,1-8,12H2. The Morgan fingerprint density at radius 1 is 1.04 bits per heavy atom. The van der Waals surface area contributed by atoms with Crippen LogP contribution in [0.5, 0.6) is 0 Å². The second-order valence-electron chi connectivity index (χ2n) is 6.73. The highest BCUT2D eigenvalue weighted by Gasteiger charge is 2.26. The first-order chi connectivity index (χ1) is 12.0. The number of nitrogens with zero attached hydrogens (tertiary/aromatic N) is 2. The van der Waals surface area contributed by atoms with Crippen LogP contribution in [0.15, 0.2) is 18.2 Å². The summed E-state index contributed by atoms with van der Waals surface area (Å²) in [6.07, 6.45) is 2.72. The molecule has 2 saturated heterocycles. The largest absolute Gasteiger partial charge is 0.339 e. The van der Waals surface area contributed by atoms with Crippen LogP contribution >= 0.6 is 23.2 Å². The van der Waals surface area contributed by atoms with Crippen LogP contribution in [0.25, 0.3) is 0 Å². The highest BCUT2D eigenvalue weighted by molar-refractivity contribution is 6.35. The van der Waals surface area contributed by atoms with E-state index in [1.165, 1.54) is 0 Å². The maximum Gasteiger partial charge on any atom is 0.254 e. The van der Waals surface area contributed by atoms with Gasteiger partial charge in [0.1, 0.15) is 0 Å². The van der Waals surface area contributed by atoms with Crippen molar-refractivity contribution in [1.29, 1.82) is 0 Å². The number of carbonyl (C=O) groups is 2. The zero-order valence-corrected chi connectivity index (χ0v) is 15.7. The molecular weight excluding hydrogens is 361 g/mol. The quantitative estimate of drug-likeness (QED) is 0.869. The van der Waals surface area contributed by atoms with Crippen molar-refractivity contribution < 1.29 is 9.59 Å². The third kappa shape index (κ3) is 4.87. The summed E-state index contributed by atoms with van der Waals surface area (Å²) in [5, 5.41) is 4.23.